The van der Waals surface area contributed by atoms with Crippen molar-refractivity contribution in [2.24, 2.45) is 0 Å². The predicted molar refractivity (Wildman–Crippen MR) is 79.8 cm³/mol. The van der Waals surface area contributed by atoms with Crippen molar-refractivity contribution in [3.05, 3.63) is 54.0 Å². The highest BCUT2D eigenvalue weighted by molar-refractivity contribution is 5.89. The number of aromatic hydroxyl groups is 1. The number of nitrogens with zero attached hydrogens (tertiary/aromatic N) is 3. The van der Waals surface area contributed by atoms with Crippen molar-refractivity contribution in [1.29, 1.82) is 0 Å². The van der Waals surface area contributed by atoms with Crippen LogP contribution in [0.25, 0.3) is 11.4 Å². The van der Waals surface area contributed by atoms with Gasteiger partial charge in [0.2, 0.25) is 5.88 Å². The SMILES string of the molecule is COC(=O)c1ccc(CCn2cnc3nccc-3c2O)cc1. The number of aryl methyl sites for hydroxylation is 2. The monoisotopic (exact) mass is 297 g/mol. The molecule has 0 spiro atoms. The third-order valence-electron chi connectivity index (χ3n) is 3.53. The fourth-order valence-electron chi connectivity index (χ4n) is 2.28. The first kappa shape index (κ1) is 14.1. The van der Waals surface area contributed by atoms with E-state index in [1.807, 2.05) is 12.1 Å². The maximum Gasteiger partial charge on any atom is 0.337 e. The van der Waals surface area contributed by atoms with Gasteiger partial charge in [0.05, 0.1) is 24.6 Å². The quantitative estimate of drug-likeness (QED) is 0.746. The van der Waals surface area contributed by atoms with Crippen molar-refractivity contribution in [1.82, 2.24) is 14.5 Å². The van der Waals surface area contributed by atoms with Crippen LogP contribution in [0.5, 0.6) is 5.88 Å². The van der Waals surface area contributed by atoms with Crippen LogP contribution in [0.4, 0.5) is 0 Å². The third kappa shape index (κ3) is 2.63. The summed E-state index contributed by atoms with van der Waals surface area (Å²) in [7, 11) is 1.36. The second kappa shape index (κ2) is 5.85. The molecular weight excluding hydrogens is 282 g/mol. The van der Waals surface area contributed by atoms with E-state index in [4.69, 9.17) is 0 Å². The van der Waals surface area contributed by atoms with E-state index in [0.29, 0.717) is 29.9 Å². The highest BCUT2D eigenvalue weighted by atomic mass is 16.5. The minimum Gasteiger partial charge on any atom is -0.494 e. The molecule has 1 aromatic rings. The van der Waals surface area contributed by atoms with Crippen molar-refractivity contribution in [3.8, 4) is 17.3 Å². The molecule has 1 N–H and O–H groups in total. The number of carbonyl (C=O) groups excluding carboxylic acids is 1. The van der Waals surface area contributed by atoms with E-state index in [1.165, 1.54) is 7.11 Å². The molecule has 2 heterocycles. The number of esters is 1. The highest BCUT2D eigenvalue weighted by Gasteiger charge is 2.13. The Morgan fingerprint density at radius 3 is 2.73 bits per heavy atom. The standard InChI is InChI=1S/C16H15N3O3/c1-22-16(21)12-4-2-11(3-5-12)7-9-19-10-18-14-13(15(19)20)6-8-17-14/h2-6,8,10,20H,7,9H2,1H3. The summed E-state index contributed by atoms with van der Waals surface area (Å²) in [5.74, 6) is 0.349. The largest absolute Gasteiger partial charge is 0.494 e. The smallest absolute Gasteiger partial charge is 0.337 e. The van der Waals surface area contributed by atoms with Crippen LogP contribution in [-0.4, -0.2) is 32.7 Å². The van der Waals surface area contributed by atoms with Gasteiger partial charge < -0.3 is 14.4 Å². The molecule has 2 aliphatic heterocycles. The number of aromatic nitrogens is 3. The molecule has 6 nitrogen and oxygen atoms in total. The molecule has 0 bridgehead atoms. The molecule has 0 fully saturated rings. The average molecular weight is 297 g/mol. The molecule has 0 amide bonds. The summed E-state index contributed by atoms with van der Waals surface area (Å²) >= 11 is 0. The summed E-state index contributed by atoms with van der Waals surface area (Å²) in [6, 6.07) is 8.95. The van der Waals surface area contributed by atoms with Crippen molar-refractivity contribution in [2.45, 2.75) is 13.0 Å². The van der Waals surface area contributed by atoms with Crippen LogP contribution in [0.2, 0.25) is 0 Å². The molecule has 2 aliphatic rings. The Hall–Kier alpha value is -2.89. The lowest BCUT2D eigenvalue weighted by Gasteiger charge is -2.11. The normalized spacial score (nSPS) is 10.8. The zero-order valence-corrected chi connectivity index (χ0v) is 12.1. The Morgan fingerprint density at radius 2 is 2.00 bits per heavy atom. The number of methoxy groups -OCH3 is 1. The summed E-state index contributed by atoms with van der Waals surface area (Å²) in [6.07, 6.45) is 3.90. The summed E-state index contributed by atoms with van der Waals surface area (Å²) in [5.41, 5.74) is 2.22. The average Bonchev–Trinajstić information content (AvgIpc) is 3.03. The molecular formula is C16H15N3O3. The van der Waals surface area contributed by atoms with Crippen molar-refractivity contribution in [3.63, 3.8) is 0 Å². The minimum atomic E-state index is -0.350. The summed E-state index contributed by atoms with van der Waals surface area (Å²) < 4.78 is 6.34. The van der Waals surface area contributed by atoms with E-state index in [0.717, 1.165) is 5.56 Å². The topological polar surface area (TPSA) is 77.2 Å². The number of rotatable bonds is 4. The zero-order chi connectivity index (χ0) is 15.5. The van der Waals surface area contributed by atoms with Crippen LogP contribution >= 0.6 is 0 Å². The van der Waals surface area contributed by atoms with Gasteiger partial charge in [0.1, 0.15) is 0 Å². The molecule has 112 valence electrons. The van der Waals surface area contributed by atoms with Crippen LogP contribution in [-0.2, 0) is 17.7 Å². The lowest BCUT2D eigenvalue weighted by atomic mass is 10.1. The van der Waals surface area contributed by atoms with Gasteiger partial charge >= 0.3 is 5.97 Å². The van der Waals surface area contributed by atoms with Crippen LogP contribution in [0, 0.1) is 0 Å². The van der Waals surface area contributed by atoms with Gasteiger partial charge in [-0.15, -0.1) is 0 Å². The van der Waals surface area contributed by atoms with Crippen LogP contribution in [0.15, 0.2) is 42.9 Å². The van der Waals surface area contributed by atoms with E-state index in [1.54, 1.807) is 35.3 Å². The van der Waals surface area contributed by atoms with E-state index in [2.05, 4.69) is 14.7 Å². The van der Waals surface area contributed by atoms with Crippen LogP contribution in [0.1, 0.15) is 15.9 Å². The second-order valence-corrected chi connectivity index (χ2v) is 4.88. The number of carbonyl (C=O) groups is 1. The van der Waals surface area contributed by atoms with Crippen LogP contribution < -0.4 is 0 Å². The summed E-state index contributed by atoms with van der Waals surface area (Å²) in [6.45, 7) is 0.581. The van der Waals surface area contributed by atoms with Gasteiger partial charge in [0, 0.05) is 12.7 Å². The van der Waals surface area contributed by atoms with Gasteiger partial charge in [-0.05, 0) is 30.2 Å². The summed E-state index contributed by atoms with van der Waals surface area (Å²) in [5, 5.41) is 10.2. The number of ether oxygens (including phenoxy) is 1. The molecule has 0 saturated carbocycles. The fourth-order valence-corrected chi connectivity index (χ4v) is 2.28. The van der Waals surface area contributed by atoms with Crippen molar-refractivity contribution < 1.29 is 14.6 Å². The first-order valence-corrected chi connectivity index (χ1v) is 6.85. The molecule has 0 aliphatic carbocycles. The molecule has 6 heteroatoms. The number of fused-ring (bicyclic) bond motifs is 1. The van der Waals surface area contributed by atoms with E-state index in [9.17, 15) is 9.90 Å². The zero-order valence-electron chi connectivity index (χ0n) is 12.1. The second-order valence-electron chi connectivity index (χ2n) is 4.88. The van der Waals surface area contributed by atoms with Gasteiger partial charge in [-0.25, -0.2) is 14.8 Å². The first-order chi connectivity index (χ1) is 10.7. The molecule has 0 atom stereocenters. The van der Waals surface area contributed by atoms with Crippen molar-refractivity contribution >= 4 is 5.97 Å². The predicted octanol–water partition coefficient (Wildman–Crippen LogP) is 2.12. The fraction of sp³-hybridized carbons (Fsp3) is 0.188. The maximum atomic E-state index is 11.4. The molecule has 1 aromatic carbocycles. The van der Waals surface area contributed by atoms with Gasteiger partial charge in [-0.2, -0.15) is 0 Å². The van der Waals surface area contributed by atoms with Gasteiger partial charge in [0.25, 0.3) is 0 Å². The molecule has 0 unspecified atom stereocenters. The van der Waals surface area contributed by atoms with Gasteiger partial charge in [0.15, 0.2) is 5.82 Å². The van der Waals surface area contributed by atoms with Gasteiger partial charge in [-0.1, -0.05) is 12.1 Å². The Kier molecular flexibility index (Phi) is 3.74. The lowest BCUT2D eigenvalue weighted by Crippen LogP contribution is -2.06. The third-order valence-corrected chi connectivity index (χ3v) is 3.53. The van der Waals surface area contributed by atoms with Crippen LogP contribution in [0.3, 0.4) is 0 Å². The number of hydrogen-bond donors (Lipinski definition) is 1. The maximum absolute atomic E-state index is 11.4. The number of hydrogen-bond acceptors (Lipinski definition) is 5. The van der Waals surface area contributed by atoms with Crippen molar-refractivity contribution in [2.75, 3.05) is 7.11 Å². The molecule has 3 rings (SSSR count). The Labute approximate surface area is 127 Å². The first-order valence-electron chi connectivity index (χ1n) is 6.85. The number of benzene rings is 1. The minimum absolute atomic E-state index is 0.161. The Morgan fingerprint density at radius 1 is 1.23 bits per heavy atom. The lowest BCUT2D eigenvalue weighted by molar-refractivity contribution is 0.0600. The Bertz CT molecular complexity index is 765. The molecule has 22 heavy (non-hydrogen) atoms. The molecule has 0 aromatic heterocycles. The van der Waals surface area contributed by atoms with E-state index >= 15 is 0 Å². The highest BCUT2D eigenvalue weighted by Crippen LogP contribution is 2.27. The Balaban J connectivity index is 1.73. The van der Waals surface area contributed by atoms with Gasteiger partial charge in [-0.3, -0.25) is 0 Å². The summed E-state index contributed by atoms with van der Waals surface area (Å²) in [4.78, 5) is 19.6. The molecule has 0 radical (unpaired) electrons. The van der Waals surface area contributed by atoms with E-state index < -0.39 is 0 Å². The molecule has 0 saturated heterocycles. The van der Waals surface area contributed by atoms with E-state index in [-0.39, 0.29) is 11.8 Å².